The van der Waals surface area contributed by atoms with Crippen molar-refractivity contribution < 1.29 is 9.53 Å². The van der Waals surface area contributed by atoms with Crippen molar-refractivity contribution in [2.45, 2.75) is 39.0 Å². The normalized spacial score (nSPS) is 15.6. The molecule has 0 aliphatic heterocycles. The lowest BCUT2D eigenvalue weighted by molar-refractivity contribution is -0.111. The van der Waals surface area contributed by atoms with Crippen LogP contribution in [0.2, 0.25) is 0 Å². The third-order valence-electron chi connectivity index (χ3n) is 3.16. The van der Waals surface area contributed by atoms with Gasteiger partial charge in [-0.3, -0.25) is 0 Å². The SMILES string of the molecule is COc1ccccc1C.O=CC1CCCCC1. The van der Waals surface area contributed by atoms with Crippen molar-refractivity contribution in [1.29, 1.82) is 0 Å². The van der Waals surface area contributed by atoms with Crippen LogP contribution in [-0.4, -0.2) is 13.4 Å². The number of methoxy groups -OCH3 is 1. The number of aryl methyl sites for hydroxylation is 1. The van der Waals surface area contributed by atoms with Crippen molar-refractivity contribution in [3.63, 3.8) is 0 Å². The fraction of sp³-hybridized carbons (Fsp3) is 0.533. The molecule has 1 aromatic carbocycles. The van der Waals surface area contributed by atoms with Crippen LogP contribution in [0.1, 0.15) is 37.7 Å². The lowest BCUT2D eigenvalue weighted by atomic mass is 9.91. The highest BCUT2D eigenvalue weighted by atomic mass is 16.5. The van der Waals surface area contributed by atoms with E-state index in [-0.39, 0.29) is 0 Å². The van der Waals surface area contributed by atoms with Crippen molar-refractivity contribution in [2.75, 3.05) is 7.11 Å². The topological polar surface area (TPSA) is 26.3 Å². The van der Waals surface area contributed by atoms with Gasteiger partial charge in [-0.25, -0.2) is 0 Å². The number of para-hydroxylation sites is 1. The second-order valence-electron chi connectivity index (χ2n) is 4.50. The lowest BCUT2D eigenvalue weighted by Crippen LogP contribution is -2.06. The summed E-state index contributed by atoms with van der Waals surface area (Å²) in [6.07, 6.45) is 7.27. The van der Waals surface area contributed by atoms with Crippen LogP contribution in [-0.2, 0) is 4.79 Å². The predicted molar refractivity (Wildman–Crippen MR) is 70.4 cm³/mol. The highest BCUT2D eigenvalue weighted by Crippen LogP contribution is 2.21. The van der Waals surface area contributed by atoms with E-state index >= 15 is 0 Å². The third-order valence-corrected chi connectivity index (χ3v) is 3.16. The maximum Gasteiger partial charge on any atom is 0.123 e. The van der Waals surface area contributed by atoms with Gasteiger partial charge in [0.05, 0.1) is 7.11 Å². The maximum absolute atomic E-state index is 10.2. The minimum atomic E-state index is 0.406. The van der Waals surface area contributed by atoms with Crippen LogP contribution in [0.25, 0.3) is 0 Å². The fourth-order valence-electron chi connectivity index (χ4n) is 2.06. The lowest BCUT2D eigenvalue weighted by Gasteiger charge is -2.14. The zero-order chi connectivity index (χ0) is 12.5. The van der Waals surface area contributed by atoms with Gasteiger partial charge in [-0.2, -0.15) is 0 Å². The van der Waals surface area contributed by atoms with Crippen molar-refractivity contribution in [3.8, 4) is 5.75 Å². The van der Waals surface area contributed by atoms with Crippen LogP contribution in [0.15, 0.2) is 24.3 Å². The molecule has 1 aliphatic rings. The monoisotopic (exact) mass is 234 g/mol. The predicted octanol–water partition coefficient (Wildman–Crippen LogP) is 3.77. The molecule has 0 bridgehead atoms. The van der Waals surface area contributed by atoms with Crippen LogP contribution in [0.5, 0.6) is 5.75 Å². The quantitative estimate of drug-likeness (QED) is 0.728. The van der Waals surface area contributed by atoms with Crippen molar-refractivity contribution >= 4 is 6.29 Å². The molecule has 0 N–H and O–H groups in total. The first-order valence-electron chi connectivity index (χ1n) is 6.33. The average Bonchev–Trinajstić information content (AvgIpc) is 2.41. The molecular weight excluding hydrogens is 212 g/mol. The van der Waals surface area contributed by atoms with Crippen LogP contribution in [0.3, 0.4) is 0 Å². The Morgan fingerprint density at radius 1 is 1.18 bits per heavy atom. The van der Waals surface area contributed by atoms with E-state index in [1.165, 1.54) is 24.8 Å². The largest absolute Gasteiger partial charge is 0.496 e. The zero-order valence-electron chi connectivity index (χ0n) is 10.8. The number of hydrogen-bond donors (Lipinski definition) is 0. The van der Waals surface area contributed by atoms with Gasteiger partial charge in [-0.15, -0.1) is 0 Å². The van der Waals surface area contributed by atoms with Gasteiger partial charge in [0.2, 0.25) is 0 Å². The van der Waals surface area contributed by atoms with Crippen molar-refractivity contribution in [3.05, 3.63) is 29.8 Å². The van der Waals surface area contributed by atoms with E-state index < -0.39 is 0 Å². The molecule has 17 heavy (non-hydrogen) atoms. The van der Waals surface area contributed by atoms with Gasteiger partial charge in [0.15, 0.2) is 0 Å². The molecule has 94 valence electrons. The Kier molecular flexibility index (Phi) is 6.38. The molecule has 0 atom stereocenters. The Labute approximate surface area is 104 Å². The summed E-state index contributed by atoms with van der Waals surface area (Å²) >= 11 is 0. The number of aldehydes is 1. The second-order valence-corrected chi connectivity index (χ2v) is 4.50. The standard InChI is InChI=1S/C8H10O.C7H12O/c1-7-5-3-4-6-8(7)9-2;8-6-7-4-2-1-3-5-7/h3-6H,1-2H3;6-7H,1-5H2. The van der Waals surface area contributed by atoms with Gasteiger partial charge in [-0.05, 0) is 31.4 Å². The van der Waals surface area contributed by atoms with Gasteiger partial charge in [0.25, 0.3) is 0 Å². The molecular formula is C15H22O2. The average molecular weight is 234 g/mol. The van der Waals surface area contributed by atoms with Crippen LogP contribution in [0, 0.1) is 12.8 Å². The van der Waals surface area contributed by atoms with Gasteiger partial charge < -0.3 is 9.53 Å². The molecule has 0 saturated heterocycles. The summed E-state index contributed by atoms with van der Waals surface area (Å²) in [6.45, 7) is 2.03. The molecule has 0 spiro atoms. The number of rotatable bonds is 2. The molecule has 1 aliphatic carbocycles. The minimum Gasteiger partial charge on any atom is -0.496 e. The summed E-state index contributed by atoms with van der Waals surface area (Å²) < 4.78 is 5.04. The zero-order valence-corrected chi connectivity index (χ0v) is 10.8. The van der Waals surface area contributed by atoms with Gasteiger partial charge in [0.1, 0.15) is 12.0 Å². The molecule has 2 rings (SSSR count). The van der Waals surface area contributed by atoms with Crippen LogP contribution in [0.4, 0.5) is 0 Å². The Morgan fingerprint density at radius 2 is 1.82 bits per heavy atom. The number of benzene rings is 1. The van der Waals surface area contributed by atoms with Crippen LogP contribution < -0.4 is 4.74 Å². The molecule has 0 aromatic heterocycles. The number of ether oxygens (including phenoxy) is 1. The highest BCUT2D eigenvalue weighted by Gasteiger charge is 2.10. The Balaban J connectivity index is 0.000000171. The number of carbonyl (C=O) groups is 1. The Morgan fingerprint density at radius 3 is 2.24 bits per heavy atom. The smallest absolute Gasteiger partial charge is 0.123 e. The molecule has 2 heteroatoms. The molecule has 0 radical (unpaired) electrons. The Hall–Kier alpha value is -1.31. The van der Waals surface area contributed by atoms with Gasteiger partial charge >= 0.3 is 0 Å². The molecule has 0 heterocycles. The first kappa shape index (κ1) is 13.8. The fourth-order valence-corrected chi connectivity index (χ4v) is 2.06. The van der Waals surface area contributed by atoms with E-state index in [0.717, 1.165) is 24.9 Å². The summed E-state index contributed by atoms with van der Waals surface area (Å²) in [5.41, 5.74) is 1.18. The second kappa shape index (κ2) is 7.88. The summed E-state index contributed by atoms with van der Waals surface area (Å²) in [7, 11) is 1.68. The molecule has 1 saturated carbocycles. The minimum absolute atomic E-state index is 0.406. The first-order chi connectivity index (χ1) is 8.27. The number of carbonyl (C=O) groups excluding carboxylic acids is 1. The maximum atomic E-state index is 10.2. The summed E-state index contributed by atoms with van der Waals surface area (Å²) in [6, 6.07) is 7.94. The molecule has 0 amide bonds. The van der Waals surface area contributed by atoms with E-state index in [9.17, 15) is 4.79 Å². The highest BCUT2D eigenvalue weighted by molar-refractivity contribution is 5.53. The summed E-state index contributed by atoms with van der Waals surface area (Å²) in [5, 5.41) is 0. The molecule has 2 nitrogen and oxygen atoms in total. The van der Waals surface area contributed by atoms with Crippen LogP contribution >= 0.6 is 0 Å². The van der Waals surface area contributed by atoms with E-state index in [0.29, 0.717) is 5.92 Å². The van der Waals surface area contributed by atoms with E-state index in [4.69, 9.17) is 4.74 Å². The molecule has 0 unspecified atom stereocenters. The Bertz CT molecular complexity index is 327. The summed E-state index contributed by atoms with van der Waals surface area (Å²) in [4.78, 5) is 10.2. The summed E-state index contributed by atoms with van der Waals surface area (Å²) in [5.74, 6) is 1.36. The van der Waals surface area contributed by atoms with Crippen molar-refractivity contribution in [1.82, 2.24) is 0 Å². The van der Waals surface area contributed by atoms with E-state index in [2.05, 4.69) is 0 Å². The van der Waals surface area contributed by atoms with E-state index in [1.54, 1.807) is 7.11 Å². The van der Waals surface area contributed by atoms with Gasteiger partial charge in [-0.1, -0.05) is 37.5 Å². The van der Waals surface area contributed by atoms with E-state index in [1.807, 2.05) is 31.2 Å². The molecule has 1 fully saturated rings. The third kappa shape index (κ3) is 5.03. The van der Waals surface area contributed by atoms with Gasteiger partial charge in [0, 0.05) is 5.92 Å². The molecule has 1 aromatic rings. The first-order valence-corrected chi connectivity index (χ1v) is 6.33. The number of hydrogen-bond acceptors (Lipinski definition) is 2. The van der Waals surface area contributed by atoms with Crippen molar-refractivity contribution in [2.24, 2.45) is 5.92 Å².